The van der Waals surface area contributed by atoms with Crippen LogP contribution >= 0.6 is 0 Å². The lowest BCUT2D eigenvalue weighted by Crippen LogP contribution is -2.39. The van der Waals surface area contributed by atoms with Crippen molar-refractivity contribution in [1.29, 1.82) is 0 Å². The van der Waals surface area contributed by atoms with Crippen molar-refractivity contribution in [2.24, 2.45) is 0 Å². The van der Waals surface area contributed by atoms with E-state index in [1.165, 1.54) is 10.4 Å². The Balaban J connectivity index is 2.18. The van der Waals surface area contributed by atoms with Crippen LogP contribution < -0.4 is 4.72 Å². The summed E-state index contributed by atoms with van der Waals surface area (Å²) in [6.45, 7) is 2.77. The normalized spacial score (nSPS) is 17.6. The van der Waals surface area contributed by atoms with Crippen molar-refractivity contribution in [3.63, 3.8) is 0 Å². The number of rotatable bonds is 3. The van der Waals surface area contributed by atoms with Crippen LogP contribution in [0.1, 0.15) is 25.0 Å². The highest BCUT2D eigenvalue weighted by Gasteiger charge is 2.25. The van der Waals surface area contributed by atoms with Crippen LogP contribution in [0.3, 0.4) is 0 Å². The van der Waals surface area contributed by atoms with E-state index in [0.717, 1.165) is 19.3 Å². The van der Waals surface area contributed by atoms with Gasteiger partial charge in [0.15, 0.2) is 11.6 Å². The maximum atomic E-state index is 12.1. The molecule has 100 valence electrons. The number of anilines is 1. The Hall–Kier alpha value is -1.34. The van der Waals surface area contributed by atoms with Gasteiger partial charge in [-0.05, 0) is 31.9 Å². The molecule has 0 amide bonds. The lowest BCUT2D eigenvalue weighted by molar-refractivity contribution is 0.348. The number of pyridine rings is 1. The van der Waals surface area contributed by atoms with Crippen molar-refractivity contribution in [2.75, 3.05) is 17.8 Å². The van der Waals surface area contributed by atoms with E-state index in [4.69, 9.17) is 0 Å². The van der Waals surface area contributed by atoms with Gasteiger partial charge >= 0.3 is 10.2 Å². The summed E-state index contributed by atoms with van der Waals surface area (Å²) in [4.78, 5) is 3.99. The molecule has 0 aromatic carbocycles. The lowest BCUT2D eigenvalue weighted by atomic mass is 10.2. The summed E-state index contributed by atoms with van der Waals surface area (Å²) in [5, 5.41) is 9.59. The van der Waals surface area contributed by atoms with Gasteiger partial charge in [-0.3, -0.25) is 4.72 Å². The minimum absolute atomic E-state index is 0.0134. The van der Waals surface area contributed by atoms with E-state index in [1.807, 2.05) is 0 Å². The van der Waals surface area contributed by atoms with Gasteiger partial charge in [0.2, 0.25) is 0 Å². The average molecular weight is 271 g/mol. The van der Waals surface area contributed by atoms with Crippen molar-refractivity contribution in [2.45, 2.75) is 26.2 Å². The van der Waals surface area contributed by atoms with Crippen LogP contribution in [-0.4, -0.2) is 35.9 Å². The Kier molecular flexibility index (Phi) is 3.72. The van der Waals surface area contributed by atoms with E-state index in [2.05, 4.69) is 9.71 Å². The molecule has 0 atom stereocenters. The molecule has 1 saturated heterocycles. The summed E-state index contributed by atoms with van der Waals surface area (Å²) in [6.07, 6.45) is 2.79. The molecular formula is C11H17N3O3S. The van der Waals surface area contributed by atoms with Gasteiger partial charge in [0.25, 0.3) is 0 Å². The third-order valence-corrected chi connectivity index (χ3v) is 4.39. The van der Waals surface area contributed by atoms with Gasteiger partial charge in [0, 0.05) is 18.8 Å². The van der Waals surface area contributed by atoms with Crippen molar-refractivity contribution in [1.82, 2.24) is 9.29 Å². The molecule has 7 heteroatoms. The molecule has 1 aliphatic heterocycles. The molecule has 6 nitrogen and oxygen atoms in total. The summed E-state index contributed by atoms with van der Waals surface area (Å²) in [5.41, 5.74) is 0.643. The van der Waals surface area contributed by atoms with Gasteiger partial charge < -0.3 is 5.11 Å². The van der Waals surface area contributed by atoms with Crippen LogP contribution in [0.5, 0.6) is 5.75 Å². The second-order valence-corrected chi connectivity index (χ2v) is 6.06. The molecule has 2 N–H and O–H groups in total. The maximum absolute atomic E-state index is 12.1. The van der Waals surface area contributed by atoms with Crippen LogP contribution in [0.4, 0.5) is 5.82 Å². The molecular weight excluding hydrogens is 254 g/mol. The Bertz CT molecular complexity index is 524. The fourth-order valence-electron chi connectivity index (χ4n) is 1.92. The molecule has 2 rings (SSSR count). The molecule has 1 fully saturated rings. The zero-order chi connectivity index (χ0) is 13.2. The van der Waals surface area contributed by atoms with Crippen molar-refractivity contribution in [3.8, 4) is 5.75 Å². The monoisotopic (exact) mass is 271 g/mol. The molecule has 1 aliphatic rings. The first-order valence-corrected chi connectivity index (χ1v) is 7.37. The van der Waals surface area contributed by atoms with Gasteiger partial charge in [-0.15, -0.1) is 0 Å². The molecule has 0 unspecified atom stereocenters. The first-order valence-electron chi connectivity index (χ1n) is 5.93. The minimum Gasteiger partial charge on any atom is -0.504 e. The number of aryl methyl sites for hydroxylation is 1. The molecule has 2 heterocycles. The number of nitrogens with zero attached hydrogens (tertiary/aromatic N) is 2. The SMILES string of the molecule is Cc1ccc(O)c(NS(=O)(=O)N2CCCCC2)n1. The number of hydrogen-bond acceptors (Lipinski definition) is 4. The standard InChI is InChI=1S/C11H17N3O3S/c1-9-5-6-10(15)11(12-9)13-18(16,17)14-7-3-2-4-8-14/h5-6,15H,2-4,7-8H2,1H3,(H,12,13). The van der Waals surface area contributed by atoms with Crippen LogP contribution in [0, 0.1) is 6.92 Å². The third kappa shape index (κ3) is 2.91. The van der Waals surface area contributed by atoms with Gasteiger partial charge in [0.1, 0.15) is 0 Å². The summed E-state index contributed by atoms with van der Waals surface area (Å²) < 4.78 is 27.9. The van der Waals surface area contributed by atoms with Crippen LogP contribution in [0.2, 0.25) is 0 Å². The molecule has 0 saturated carbocycles. The van der Waals surface area contributed by atoms with Gasteiger partial charge in [-0.2, -0.15) is 12.7 Å². The Morgan fingerprint density at radius 3 is 2.61 bits per heavy atom. The first-order chi connectivity index (χ1) is 8.49. The third-order valence-electron chi connectivity index (χ3n) is 2.89. The highest BCUT2D eigenvalue weighted by atomic mass is 32.2. The molecule has 1 aromatic rings. The molecule has 18 heavy (non-hydrogen) atoms. The Labute approximate surface area is 107 Å². The number of hydrogen-bond donors (Lipinski definition) is 2. The van der Waals surface area contributed by atoms with Gasteiger partial charge in [-0.25, -0.2) is 4.98 Å². The molecule has 0 radical (unpaired) electrons. The maximum Gasteiger partial charge on any atom is 0.302 e. The van der Waals surface area contributed by atoms with Crippen LogP contribution in [0.25, 0.3) is 0 Å². The molecule has 0 aliphatic carbocycles. The van der Waals surface area contributed by atoms with E-state index in [-0.39, 0.29) is 11.6 Å². The van der Waals surface area contributed by atoms with Crippen molar-refractivity contribution >= 4 is 16.0 Å². The van der Waals surface area contributed by atoms with Crippen LogP contribution in [-0.2, 0) is 10.2 Å². The second kappa shape index (κ2) is 5.11. The zero-order valence-electron chi connectivity index (χ0n) is 10.3. The highest BCUT2D eigenvalue weighted by Crippen LogP contribution is 2.23. The van der Waals surface area contributed by atoms with Gasteiger partial charge in [-0.1, -0.05) is 6.42 Å². The number of nitrogens with one attached hydrogen (secondary N) is 1. The number of aromatic hydroxyl groups is 1. The fourth-order valence-corrected chi connectivity index (χ4v) is 3.18. The topological polar surface area (TPSA) is 82.5 Å². The zero-order valence-corrected chi connectivity index (χ0v) is 11.1. The van der Waals surface area contributed by atoms with E-state index in [0.29, 0.717) is 18.8 Å². The quantitative estimate of drug-likeness (QED) is 0.866. The Morgan fingerprint density at radius 2 is 1.94 bits per heavy atom. The Morgan fingerprint density at radius 1 is 1.28 bits per heavy atom. The van der Waals surface area contributed by atoms with Crippen molar-refractivity contribution < 1.29 is 13.5 Å². The minimum atomic E-state index is -3.61. The fraction of sp³-hybridized carbons (Fsp3) is 0.545. The predicted octanol–water partition coefficient (Wildman–Crippen LogP) is 1.24. The van der Waals surface area contributed by atoms with E-state index in [9.17, 15) is 13.5 Å². The first kappa shape index (κ1) is 13.1. The van der Waals surface area contributed by atoms with E-state index in [1.54, 1.807) is 13.0 Å². The largest absolute Gasteiger partial charge is 0.504 e. The summed E-state index contributed by atoms with van der Waals surface area (Å²) in [6, 6.07) is 3.05. The van der Waals surface area contributed by atoms with Crippen LogP contribution in [0.15, 0.2) is 12.1 Å². The number of aromatic nitrogens is 1. The number of piperidine rings is 1. The summed E-state index contributed by atoms with van der Waals surface area (Å²) in [5.74, 6) is -0.179. The second-order valence-electron chi connectivity index (χ2n) is 4.39. The highest BCUT2D eigenvalue weighted by molar-refractivity contribution is 7.90. The molecule has 0 bridgehead atoms. The van der Waals surface area contributed by atoms with E-state index >= 15 is 0 Å². The predicted molar refractivity (Wildman–Crippen MR) is 68.6 cm³/mol. The molecule has 1 aromatic heterocycles. The lowest BCUT2D eigenvalue weighted by Gasteiger charge is -2.26. The van der Waals surface area contributed by atoms with Gasteiger partial charge in [0.05, 0.1) is 0 Å². The van der Waals surface area contributed by atoms with Crippen molar-refractivity contribution in [3.05, 3.63) is 17.8 Å². The average Bonchev–Trinajstić information content (AvgIpc) is 2.35. The summed E-state index contributed by atoms with van der Waals surface area (Å²) >= 11 is 0. The smallest absolute Gasteiger partial charge is 0.302 e. The van der Waals surface area contributed by atoms with E-state index < -0.39 is 10.2 Å². The summed E-state index contributed by atoms with van der Waals surface area (Å²) in [7, 11) is -3.61. The molecule has 0 spiro atoms.